The van der Waals surface area contributed by atoms with Gasteiger partial charge in [-0.2, -0.15) is 0 Å². The van der Waals surface area contributed by atoms with Crippen molar-refractivity contribution in [3.05, 3.63) is 23.3 Å². The van der Waals surface area contributed by atoms with Crippen LogP contribution in [0.15, 0.2) is 12.1 Å². The van der Waals surface area contributed by atoms with E-state index in [1.165, 1.54) is 18.2 Å². The summed E-state index contributed by atoms with van der Waals surface area (Å²) in [6, 6.07) is 5.15. The molecule has 6 unspecified atom stereocenters. The number of rotatable bonds is 5. The molecule has 8 atom stereocenters. The van der Waals surface area contributed by atoms with Crippen LogP contribution in [-0.4, -0.2) is 56.4 Å². The predicted octanol–water partition coefficient (Wildman–Crippen LogP) is 2.40. The van der Waals surface area contributed by atoms with Crippen molar-refractivity contribution in [3.8, 4) is 11.5 Å². The van der Waals surface area contributed by atoms with Gasteiger partial charge in [0.15, 0.2) is 11.5 Å². The number of nitrogens with one attached hydrogen (secondary N) is 1. The van der Waals surface area contributed by atoms with Crippen molar-refractivity contribution in [1.82, 2.24) is 10.2 Å². The largest absolute Gasteiger partial charge is 0.493 e. The fraction of sp³-hybridized carbons (Fsp3) is 0.682. The SMILES string of the molecule is CC[C@@]12c3c4ccc(OC)c3OC1C(N[C@H](C)C(=O)OC)CCC2C1C4N1C. The molecule has 1 N–H and O–H groups in total. The Hall–Kier alpha value is -1.79. The molecule has 5 rings (SSSR count). The van der Waals surface area contributed by atoms with Crippen molar-refractivity contribution >= 4 is 5.97 Å². The molecule has 4 aliphatic rings. The highest BCUT2D eigenvalue weighted by Gasteiger charge is 2.70. The second-order valence-electron chi connectivity index (χ2n) is 8.80. The van der Waals surface area contributed by atoms with Crippen molar-refractivity contribution in [2.75, 3.05) is 21.3 Å². The van der Waals surface area contributed by atoms with Crippen molar-refractivity contribution < 1.29 is 19.0 Å². The third-order valence-electron chi connectivity index (χ3n) is 7.89. The fourth-order valence-corrected chi connectivity index (χ4v) is 6.69. The molecule has 152 valence electrons. The molecule has 0 radical (unpaired) electrons. The lowest BCUT2D eigenvalue weighted by atomic mass is 9.54. The Kier molecular flexibility index (Phi) is 3.98. The van der Waals surface area contributed by atoms with E-state index in [1.807, 2.05) is 6.92 Å². The summed E-state index contributed by atoms with van der Waals surface area (Å²) in [6.45, 7) is 4.16. The van der Waals surface area contributed by atoms with Crippen LogP contribution in [0.3, 0.4) is 0 Å². The minimum atomic E-state index is -0.353. The molecule has 0 amide bonds. The minimum Gasteiger partial charge on any atom is -0.493 e. The highest BCUT2D eigenvalue weighted by molar-refractivity contribution is 5.75. The number of hydrogen-bond donors (Lipinski definition) is 1. The van der Waals surface area contributed by atoms with Crippen LogP contribution in [0.1, 0.15) is 50.3 Å². The van der Waals surface area contributed by atoms with Crippen LogP contribution >= 0.6 is 0 Å². The summed E-state index contributed by atoms with van der Waals surface area (Å²) in [7, 11) is 5.40. The second-order valence-corrected chi connectivity index (χ2v) is 8.80. The van der Waals surface area contributed by atoms with E-state index in [2.05, 4.69) is 36.3 Å². The first-order chi connectivity index (χ1) is 13.5. The normalized spacial score (nSPS) is 40.0. The molecular formula is C22H30N2O4. The van der Waals surface area contributed by atoms with Gasteiger partial charge in [-0.25, -0.2) is 0 Å². The van der Waals surface area contributed by atoms with Gasteiger partial charge >= 0.3 is 5.97 Å². The standard InChI is InChI=1S/C22H30N2O4/c1-6-22-13-8-9-14(23-11(2)21(25)27-5)20(22)28-19-15(26-4)10-7-12(16(19)22)17-18(13)24(17)3/h7,10-11,13-14,17-18,20,23H,6,8-9H2,1-5H3/t11-,13?,14?,17?,18?,20?,22-,24?/m1/s1. The smallest absolute Gasteiger partial charge is 0.322 e. The number of fused-ring (bicyclic) bond motifs is 3. The molecule has 0 aromatic heterocycles. The van der Waals surface area contributed by atoms with Gasteiger partial charge in [0, 0.05) is 23.1 Å². The van der Waals surface area contributed by atoms with Gasteiger partial charge in [-0.1, -0.05) is 13.0 Å². The Morgan fingerprint density at radius 1 is 1.39 bits per heavy atom. The average Bonchev–Trinajstić information content (AvgIpc) is 3.24. The molecule has 2 fully saturated rings. The zero-order chi connectivity index (χ0) is 19.8. The third-order valence-corrected chi connectivity index (χ3v) is 7.89. The Balaban J connectivity index is 1.61. The average molecular weight is 386 g/mol. The zero-order valence-corrected chi connectivity index (χ0v) is 17.3. The number of likely N-dealkylation sites (N-methyl/N-ethyl adjacent to an activating group) is 1. The van der Waals surface area contributed by atoms with Crippen LogP contribution in [-0.2, 0) is 14.9 Å². The van der Waals surface area contributed by atoms with Gasteiger partial charge in [0.05, 0.1) is 20.3 Å². The monoisotopic (exact) mass is 386 g/mol. The molecule has 2 aliphatic heterocycles. The van der Waals surface area contributed by atoms with Crippen LogP contribution in [0.2, 0.25) is 0 Å². The number of hydrogen-bond acceptors (Lipinski definition) is 6. The van der Waals surface area contributed by atoms with Gasteiger partial charge in [0.25, 0.3) is 0 Å². The predicted molar refractivity (Wildman–Crippen MR) is 105 cm³/mol. The lowest BCUT2D eigenvalue weighted by Crippen LogP contribution is -2.62. The summed E-state index contributed by atoms with van der Waals surface area (Å²) in [5.41, 5.74) is 2.74. The lowest BCUT2D eigenvalue weighted by Gasteiger charge is -2.50. The van der Waals surface area contributed by atoms with Crippen LogP contribution in [0.25, 0.3) is 0 Å². The molecule has 1 saturated carbocycles. The molecule has 1 aromatic carbocycles. The van der Waals surface area contributed by atoms with E-state index in [0.29, 0.717) is 18.0 Å². The number of ether oxygens (including phenoxy) is 3. The van der Waals surface area contributed by atoms with Gasteiger partial charge < -0.3 is 14.2 Å². The van der Waals surface area contributed by atoms with Crippen molar-refractivity contribution in [2.45, 2.75) is 68.8 Å². The van der Waals surface area contributed by atoms with E-state index in [4.69, 9.17) is 14.2 Å². The minimum absolute atomic E-state index is 0.00311. The first kappa shape index (κ1) is 18.3. The number of nitrogens with zero attached hydrogens (tertiary/aromatic N) is 1. The number of carbonyl (C=O) groups excluding carboxylic acids is 1. The molecule has 1 saturated heterocycles. The molecule has 2 heterocycles. The van der Waals surface area contributed by atoms with Gasteiger partial charge in [0.1, 0.15) is 12.1 Å². The van der Waals surface area contributed by atoms with Gasteiger partial charge in [0.2, 0.25) is 0 Å². The molecule has 0 spiro atoms. The second kappa shape index (κ2) is 6.10. The summed E-state index contributed by atoms with van der Waals surface area (Å²) in [4.78, 5) is 14.5. The topological polar surface area (TPSA) is 59.8 Å². The van der Waals surface area contributed by atoms with Gasteiger partial charge in [-0.05, 0) is 50.8 Å². The van der Waals surface area contributed by atoms with Crippen LogP contribution in [0.4, 0.5) is 0 Å². The van der Waals surface area contributed by atoms with E-state index in [-0.39, 0.29) is 29.6 Å². The van der Waals surface area contributed by atoms with Gasteiger partial charge in [-0.3, -0.25) is 15.0 Å². The summed E-state index contributed by atoms with van der Waals surface area (Å²) in [5.74, 6) is 2.09. The summed E-state index contributed by atoms with van der Waals surface area (Å²) >= 11 is 0. The van der Waals surface area contributed by atoms with Crippen molar-refractivity contribution in [1.29, 1.82) is 0 Å². The quantitative estimate of drug-likeness (QED) is 0.619. The maximum Gasteiger partial charge on any atom is 0.322 e. The fourth-order valence-electron chi connectivity index (χ4n) is 6.69. The van der Waals surface area contributed by atoms with E-state index >= 15 is 0 Å². The molecule has 1 aromatic rings. The van der Waals surface area contributed by atoms with E-state index in [0.717, 1.165) is 30.8 Å². The first-order valence-corrected chi connectivity index (χ1v) is 10.4. The Bertz CT molecular complexity index is 827. The maximum absolute atomic E-state index is 12.0. The number of esters is 1. The molecule has 2 aliphatic carbocycles. The van der Waals surface area contributed by atoms with E-state index in [9.17, 15) is 4.79 Å². The van der Waals surface area contributed by atoms with E-state index in [1.54, 1.807) is 7.11 Å². The number of benzene rings is 1. The molecule has 0 bridgehead atoms. The van der Waals surface area contributed by atoms with Crippen LogP contribution < -0.4 is 14.8 Å². The van der Waals surface area contributed by atoms with Gasteiger partial charge in [-0.15, -0.1) is 0 Å². The molecule has 6 nitrogen and oxygen atoms in total. The summed E-state index contributed by atoms with van der Waals surface area (Å²) in [6.07, 6.45) is 3.17. The third kappa shape index (κ3) is 2.08. The van der Waals surface area contributed by atoms with E-state index < -0.39 is 0 Å². The Labute approximate surface area is 166 Å². The molecule has 28 heavy (non-hydrogen) atoms. The van der Waals surface area contributed by atoms with Crippen molar-refractivity contribution in [2.24, 2.45) is 5.92 Å². The summed E-state index contributed by atoms with van der Waals surface area (Å²) in [5, 5.41) is 3.52. The first-order valence-electron chi connectivity index (χ1n) is 10.4. The Morgan fingerprint density at radius 2 is 2.18 bits per heavy atom. The lowest BCUT2D eigenvalue weighted by molar-refractivity contribution is -0.143. The highest BCUT2D eigenvalue weighted by Crippen LogP contribution is 2.69. The number of carbonyl (C=O) groups is 1. The van der Waals surface area contributed by atoms with Crippen LogP contribution in [0.5, 0.6) is 11.5 Å². The maximum atomic E-state index is 12.0. The summed E-state index contributed by atoms with van der Waals surface area (Å²) < 4.78 is 17.3. The van der Waals surface area contributed by atoms with Crippen LogP contribution in [0, 0.1) is 5.92 Å². The molecular weight excluding hydrogens is 356 g/mol. The molecule has 6 heteroatoms. The Morgan fingerprint density at radius 3 is 2.86 bits per heavy atom. The zero-order valence-electron chi connectivity index (χ0n) is 17.3. The van der Waals surface area contributed by atoms with Crippen molar-refractivity contribution in [3.63, 3.8) is 0 Å². The highest BCUT2D eigenvalue weighted by atomic mass is 16.5. The number of methoxy groups -OCH3 is 2.